The van der Waals surface area contributed by atoms with Crippen molar-refractivity contribution in [1.29, 1.82) is 0 Å². The third-order valence-corrected chi connectivity index (χ3v) is 11.3. The van der Waals surface area contributed by atoms with Crippen LogP contribution < -0.4 is 9.46 Å². The van der Waals surface area contributed by atoms with E-state index in [1.54, 1.807) is 13.8 Å². The molecule has 1 aliphatic carbocycles. The summed E-state index contributed by atoms with van der Waals surface area (Å²) in [5.74, 6) is -2.95. The van der Waals surface area contributed by atoms with Crippen molar-refractivity contribution in [2.45, 2.75) is 54.0 Å². The molecule has 1 saturated carbocycles. The van der Waals surface area contributed by atoms with Crippen LogP contribution in [0.3, 0.4) is 0 Å². The van der Waals surface area contributed by atoms with E-state index in [1.165, 1.54) is 24.3 Å². The van der Waals surface area contributed by atoms with Gasteiger partial charge in [0.05, 0.1) is 22.3 Å². The van der Waals surface area contributed by atoms with Crippen molar-refractivity contribution in [3.63, 3.8) is 0 Å². The molecule has 1 N–H and O–H groups in total. The molecule has 1 heterocycles. The van der Waals surface area contributed by atoms with Gasteiger partial charge in [0.15, 0.2) is 21.4 Å². The maximum atomic E-state index is 15.2. The predicted molar refractivity (Wildman–Crippen MR) is 120 cm³/mol. The Morgan fingerprint density at radius 3 is 2.33 bits per heavy atom. The molecule has 1 aliphatic heterocycles. The molecule has 6 nitrogen and oxygen atoms in total. The second-order valence-electron chi connectivity index (χ2n) is 8.77. The average molecular weight is 520 g/mol. The van der Waals surface area contributed by atoms with Crippen LogP contribution in [0.5, 0.6) is 5.75 Å². The van der Waals surface area contributed by atoms with Gasteiger partial charge in [-0.25, -0.2) is 30.3 Å². The van der Waals surface area contributed by atoms with Crippen LogP contribution in [0.15, 0.2) is 41.3 Å². The average Bonchev–Trinajstić information content (AvgIpc) is 2.75. The summed E-state index contributed by atoms with van der Waals surface area (Å²) in [6.07, 6.45) is 0.115. The highest BCUT2D eigenvalue weighted by molar-refractivity contribution is 7.92. The summed E-state index contributed by atoms with van der Waals surface area (Å²) in [6, 6.07) is 6.76. The van der Waals surface area contributed by atoms with Crippen LogP contribution in [0.1, 0.15) is 38.7 Å². The highest BCUT2D eigenvalue weighted by Gasteiger charge is 2.59. The van der Waals surface area contributed by atoms with E-state index in [2.05, 4.69) is 4.72 Å². The number of benzene rings is 2. The molecule has 2 aliphatic rings. The third kappa shape index (κ3) is 3.94. The van der Waals surface area contributed by atoms with Gasteiger partial charge in [0.2, 0.25) is 10.0 Å². The van der Waals surface area contributed by atoms with Crippen LogP contribution in [-0.2, 0) is 24.6 Å². The number of hydrogen-bond acceptors (Lipinski definition) is 5. The number of hydrogen-bond donors (Lipinski definition) is 1. The molecule has 0 bridgehead atoms. The zero-order valence-corrected chi connectivity index (χ0v) is 20.4. The quantitative estimate of drug-likeness (QED) is 0.640. The molecule has 0 spiro atoms. The van der Waals surface area contributed by atoms with Gasteiger partial charge in [0, 0.05) is 17.0 Å². The van der Waals surface area contributed by atoms with Gasteiger partial charge in [-0.05, 0) is 69.5 Å². The predicted octanol–water partition coefficient (Wildman–Crippen LogP) is 4.18. The fraction of sp³-hybridized carbons (Fsp3) is 0.455. The molecule has 0 saturated heterocycles. The van der Waals surface area contributed by atoms with E-state index >= 15 is 4.39 Å². The number of rotatable bonds is 5. The molecule has 33 heavy (non-hydrogen) atoms. The highest BCUT2D eigenvalue weighted by Crippen LogP contribution is 2.56. The van der Waals surface area contributed by atoms with Gasteiger partial charge in [0.1, 0.15) is 10.6 Å². The van der Waals surface area contributed by atoms with Gasteiger partial charge in [-0.15, -0.1) is 0 Å². The first-order chi connectivity index (χ1) is 15.4. The Bertz CT molecular complexity index is 1280. The molecule has 3 atom stereocenters. The van der Waals surface area contributed by atoms with Crippen LogP contribution in [-0.4, -0.2) is 34.7 Å². The van der Waals surface area contributed by atoms with Crippen LogP contribution in [0.4, 0.5) is 8.78 Å². The molecular weight excluding hydrogens is 496 g/mol. The number of nitrogens with one attached hydrogen (secondary N) is 1. The Hall–Kier alpha value is -1.75. The molecule has 0 unspecified atom stereocenters. The van der Waals surface area contributed by atoms with Crippen molar-refractivity contribution in [3.8, 4) is 5.75 Å². The number of sulfonamides is 1. The van der Waals surface area contributed by atoms with E-state index in [0.717, 1.165) is 12.1 Å². The van der Waals surface area contributed by atoms with Gasteiger partial charge >= 0.3 is 0 Å². The fourth-order valence-corrected chi connectivity index (χ4v) is 8.26. The van der Waals surface area contributed by atoms with E-state index in [0.29, 0.717) is 5.02 Å². The number of halogens is 3. The van der Waals surface area contributed by atoms with Gasteiger partial charge < -0.3 is 4.74 Å². The Kier molecular flexibility index (Phi) is 6.26. The molecule has 11 heteroatoms. The van der Waals surface area contributed by atoms with E-state index in [4.69, 9.17) is 16.3 Å². The fourth-order valence-electron chi connectivity index (χ4n) is 4.82. The summed E-state index contributed by atoms with van der Waals surface area (Å²) in [5, 5.41) is -0.337. The minimum Gasteiger partial charge on any atom is -0.490 e. The third-order valence-electron chi connectivity index (χ3n) is 6.56. The molecule has 180 valence electrons. The summed E-state index contributed by atoms with van der Waals surface area (Å²) < 4.78 is 89.1. The largest absolute Gasteiger partial charge is 0.490 e. The Labute approximate surface area is 197 Å². The van der Waals surface area contributed by atoms with Gasteiger partial charge in [-0.1, -0.05) is 11.6 Å². The smallest absolute Gasteiger partial charge is 0.214 e. The van der Waals surface area contributed by atoms with Crippen molar-refractivity contribution in [1.82, 2.24) is 4.72 Å². The SMILES string of the molecule is CC(C)S(=O)(=O)N[C@@H]1CC[C@@]2(S(=O)(=O)c3ccc(Cl)cc3)c3c(F)ccc(F)c3OC[C@H]2C1. The zero-order valence-electron chi connectivity index (χ0n) is 18.0. The number of sulfone groups is 1. The van der Waals surface area contributed by atoms with Crippen molar-refractivity contribution in [2.24, 2.45) is 5.92 Å². The minimum absolute atomic E-state index is 0.0744. The van der Waals surface area contributed by atoms with Crippen LogP contribution in [0, 0.1) is 17.6 Å². The lowest BCUT2D eigenvalue weighted by atomic mass is 9.71. The summed E-state index contributed by atoms with van der Waals surface area (Å²) in [7, 11) is -7.87. The van der Waals surface area contributed by atoms with E-state index < -0.39 is 59.2 Å². The van der Waals surface area contributed by atoms with Gasteiger partial charge in [-0.3, -0.25) is 0 Å². The summed E-state index contributed by atoms with van der Waals surface area (Å²) in [5.41, 5.74) is -0.334. The zero-order chi connectivity index (χ0) is 24.2. The van der Waals surface area contributed by atoms with Crippen LogP contribution in [0.25, 0.3) is 0 Å². The van der Waals surface area contributed by atoms with E-state index in [9.17, 15) is 21.2 Å². The maximum absolute atomic E-state index is 15.2. The molecule has 4 rings (SSSR count). The van der Waals surface area contributed by atoms with E-state index in [1.807, 2.05) is 0 Å². The highest BCUT2D eigenvalue weighted by atomic mass is 35.5. The molecule has 1 fully saturated rings. The van der Waals surface area contributed by atoms with Crippen molar-refractivity contribution in [2.75, 3.05) is 6.61 Å². The molecule has 2 aromatic rings. The maximum Gasteiger partial charge on any atom is 0.214 e. The molecule has 0 aromatic heterocycles. The first-order valence-corrected chi connectivity index (χ1v) is 13.9. The monoisotopic (exact) mass is 519 g/mol. The number of fused-ring (bicyclic) bond motifs is 3. The first kappa shape index (κ1) is 24.4. The van der Waals surface area contributed by atoms with Crippen LogP contribution in [0.2, 0.25) is 5.02 Å². The topological polar surface area (TPSA) is 89.5 Å². The van der Waals surface area contributed by atoms with Gasteiger partial charge in [0.25, 0.3) is 0 Å². The first-order valence-electron chi connectivity index (χ1n) is 10.5. The lowest BCUT2D eigenvalue weighted by molar-refractivity contribution is 0.113. The summed E-state index contributed by atoms with van der Waals surface area (Å²) in [6.45, 7) is 2.89. The Balaban J connectivity index is 1.87. The van der Waals surface area contributed by atoms with E-state index in [-0.39, 0.29) is 36.3 Å². The lowest BCUT2D eigenvalue weighted by Crippen LogP contribution is -2.56. The summed E-state index contributed by atoms with van der Waals surface area (Å²) >= 11 is 5.93. The standard InChI is InChI=1S/C22H24ClF2NO5S2/c1-13(2)33(29,30)26-16-9-10-22(32(27,28)17-5-3-15(23)4-6-17)14(11-16)12-31-21-19(25)8-7-18(24)20(21)22/h3-8,13-14,16,26H,9-12H2,1-2H3/t14-,16-,22+/m1/s1. The second kappa shape index (κ2) is 8.48. The second-order valence-corrected chi connectivity index (χ2v) is 13.7. The van der Waals surface area contributed by atoms with Crippen molar-refractivity contribution >= 4 is 31.5 Å². The lowest BCUT2D eigenvalue weighted by Gasteiger charge is -2.49. The Morgan fingerprint density at radius 2 is 1.70 bits per heavy atom. The van der Waals surface area contributed by atoms with Crippen LogP contribution >= 0.6 is 11.6 Å². The summed E-state index contributed by atoms with van der Waals surface area (Å²) in [4.78, 5) is -0.0744. The normalized spacial score (nSPS) is 25.3. The molecule has 0 radical (unpaired) electrons. The van der Waals surface area contributed by atoms with Gasteiger partial charge in [-0.2, -0.15) is 0 Å². The molecule has 2 aromatic carbocycles. The van der Waals surface area contributed by atoms with Crippen molar-refractivity contribution in [3.05, 3.63) is 58.6 Å². The van der Waals surface area contributed by atoms with Crippen molar-refractivity contribution < 1.29 is 30.4 Å². The molecular formula is C22H24ClF2NO5S2. The minimum atomic E-state index is -4.26. The number of ether oxygens (including phenoxy) is 1. The Morgan fingerprint density at radius 1 is 1.06 bits per heavy atom. The molecule has 0 amide bonds.